The predicted octanol–water partition coefficient (Wildman–Crippen LogP) is 4.14. The Hall–Kier alpha value is -3.13. The van der Waals surface area contributed by atoms with Crippen LogP contribution in [-0.4, -0.2) is 43.2 Å². The number of hydrogen-bond acceptors (Lipinski definition) is 7. The summed E-state index contributed by atoms with van der Waals surface area (Å²) >= 11 is 1.46. The number of rotatable bonds is 7. The number of aromatic nitrogens is 2. The fraction of sp³-hybridized carbons (Fsp3) is 0.348. The van der Waals surface area contributed by atoms with Gasteiger partial charge in [0.1, 0.15) is 28.0 Å². The summed E-state index contributed by atoms with van der Waals surface area (Å²) in [5.41, 5.74) is 2.22. The van der Waals surface area contributed by atoms with Crippen molar-refractivity contribution in [3.8, 4) is 22.1 Å². The van der Waals surface area contributed by atoms with Crippen LogP contribution >= 0.6 is 11.3 Å². The standard InChI is InChI=1S/C23H26N4O3S/c1-29-18-6-7-20(30-2)17(12-18)14-25-22(28)19-15-31-23(26-19)16-8-9-24-21(13-16)27-10-4-3-5-11-27/h6-9,12-13,15H,3-5,10-11,14H2,1-2H3,(H,25,28). The van der Waals surface area contributed by atoms with Crippen LogP contribution in [0.2, 0.25) is 0 Å². The first kappa shape index (κ1) is 21.1. The van der Waals surface area contributed by atoms with E-state index < -0.39 is 0 Å². The second-order valence-electron chi connectivity index (χ2n) is 7.35. The number of carbonyl (C=O) groups excluding carboxylic acids is 1. The van der Waals surface area contributed by atoms with Crippen LogP contribution in [0, 0.1) is 0 Å². The molecule has 1 saturated heterocycles. The van der Waals surface area contributed by atoms with Crippen molar-refractivity contribution in [3.63, 3.8) is 0 Å². The molecule has 31 heavy (non-hydrogen) atoms. The Labute approximate surface area is 186 Å². The molecule has 1 aliphatic rings. The molecule has 7 nitrogen and oxygen atoms in total. The Morgan fingerprint density at radius 2 is 1.97 bits per heavy atom. The molecule has 0 unspecified atom stereocenters. The van der Waals surface area contributed by atoms with E-state index in [2.05, 4.69) is 26.3 Å². The third-order valence-electron chi connectivity index (χ3n) is 5.34. The van der Waals surface area contributed by atoms with Crippen molar-refractivity contribution in [1.82, 2.24) is 15.3 Å². The van der Waals surface area contributed by atoms with E-state index in [0.717, 1.165) is 35.0 Å². The number of hydrogen-bond donors (Lipinski definition) is 1. The molecule has 1 aliphatic heterocycles. The molecule has 3 aromatic rings. The number of ether oxygens (including phenoxy) is 2. The number of nitrogens with one attached hydrogen (secondary N) is 1. The monoisotopic (exact) mass is 438 g/mol. The molecule has 0 saturated carbocycles. The van der Waals surface area contributed by atoms with Crippen LogP contribution in [0.5, 0.6) is 11.5 Å². The minimum atomic E-state index is -0.224. The molecule has 4 rings (SSSR count). The maximum absolute atomic E-state index is 12.7. The van der Waals surface area contributed by atoms with E-state index >= 15 is 0 Å². The van der Waals surface area contributed by atoms with Gasteiger partial charge in [0.25, 0.3) is 5.91 Å². The zero-order valence-electron chi connectivity index (χ0n) is 17.8. The van der Waals surface area contributed by atoms with E-state index in [-0.39, 0.29) is 5.91 Å². The van der Waals surface area contributed by atoms with Gasteiger partial charge in [0, 0.05) is 42.3 Å². The minimum absolute atomic E-state index is 0.224. The summed E-state index contributed by atoms with van der Waals surface area (Å²) in [7, 11) is 3.21. The molecule has 0 spiro atoms. The summed E-state index contributed by atoms with van der Waals surface area (Å²) in [4.78, 5) is 24.1. The highest BCUT2D eigenvalue weighted by molar-refractivity contribution is 7.13. The number of benzene rings is 1. The number of piperidine rings is 1. The summed E-state index contributed by atoms with van der Waals surface area (Å²) in [6, 6.07) is 9.50. The number of thiazole rings is 1. The zero-order valence-corrected chi connectivity index (χ0v) is 18.6. The molecule has 0 aliphatic carbocycles. The zero-order chi connectivity index (χ0) is 21.6. The molecule has 1 amide bonds. The van der Waals surface area contributed by atoms with Crippen molar-refractivity contribution in [2.24, 2.45) is 0 Å². The van der Waals surface area contributed by atoms with E-state index in [4.69, 9.17) is 9.47 Å². The Morgan fingerprint density at radius 3 is 2.74 bits per heavy atom. The molecule has 0 radical (unpaired) electrons. The third kappa shape index (κ3) is 4.96. The number of carbonyl (C=O) groups is 1. The van der Waals surface area contributed by atoms with Gasteiger partial charge in [-0.15, -0.1) is 11.3 Å². The van der Waals surface area contributed by atoms with Crippen molar-refractivity contribution in [2.45, 2.75) is 25.8 Å². The topological polar surface area (TPSA) is 76.6 Å². The van der Waals surface area contributed by atoms with Crippen LogP contribution in [0.25, 0.3) is 10.6 Å². The first-order valence-corrected chi connectivity index (χ1v) is 11.2. The summed E-state index contributed by atoms with van der Waals surface area (Å²) < 4.78 is 10.6. The van der Waals surface area contributed by atoms with E-state index in [0.29, 0.717) is 23.7 Å². The number of anilines is 1. The first-order chi connectivity index (χ1) is 15.2. The van der Waals surface area contributed by atoms with Crippen molar-refractivity contribution in [1.29, 1.82) is 0 Å². The van der Waals surface area contributed by atoms with Crippen LogP contribution in [0.1, 0.15) is 35.3 Å². The highest BCUT2D eigenvalue weighted by atomic mass is 32.1. The lowest BCUT2D eigenvalue weighted by Crippen LogP contribution is -2.30. The summed E-state index contributed by atoms with van der Waals surface area (Å²) in [5, 5.41) is 5.51. The average molecular weight is 439 g/mol. The molecule has 1 aromatic carbocycles. The second kappa shape index (κ2) is 9.78. The number of amides is 1. The van der Waals surface area contributed by atoms with Crippen LogP contribution in [0.15, 0.2) is 41.9 Å². The number of methoxy groups -OCH3 is 2. The molecule has 0 bridgehead atoms. The molecule has 1 fully saturated rings. The molecule has 8 heteroatoms. The second-order valence-corrected chi connectivity index (χ2v) is 8.21. The predicted molar refractivity (Wildman–Crippen MR) is 122 cm³/mol. The Bertz CT molecular complexity index is 1050. The fourth-order valence-corrected chi connectivity index (χ4v) is 4.44. The van der Waals surface area contributed by atoms with Gasteiger partial charge in [0.15, 0.2) is 0 Å². The van der Waals surface area contributed by atoms with Crippen molar-refractivity contribution in [3.05, 3.63) is 53.2 Å². The lowest BCUT2D eigenvalue weighted by molar-refractivity contribution is 0.0946. The van der Waals surface area contributed by atoms with Gasteiger partial charge in [-0.2, -0.15) is 0 Å². The van der Waals surface area contributed by atoms with E-state index in [1.54, 1.807) is 19.6 Å². The molecule has 0 atom stereocenters. The van der Waals surface area contributed by atoms with Gasteiger partial charge in [0.2, 0.25) is 0 Å². The van der Waals surface area contributed by atoms with Gasteiger partial charge in [-0.1, -0.05) is 0 Å². The maximum Gasteiger partial charge on any atom is 0.271 e. The van der Waals surface area contributed by atoms with Gasteiger partial charge in [0.05, 0.1) is 14.2 Å². The van der Waals surface area contributed by atoms with Crippen LogP contribution < -0.4 is 19.7 Å². The smallest absolute Gasteiger partial charge is 0.271 e. The number of pyridine rings is 1. The van der Waals surface area contributed by atoms with E-state index in [9.17, 15) is 4.79 Å². The van der Waals surface area contributed by atoms with Crippen LogP contribution in [-0.2, 0) is 6.54 Å². The Morgan fingerprint density at radius 1 is 1.13 bits per heavy atom. The van der Waals surface area contributed by atoms with Gasteiger partial charge in [-0.25, -0.2) is 9.97 Å². The van der Waals surface area contributed by atoms with Gasteiger partial charge >= 0.3 is 0 Å². The summed E-state index contributed by atoms with van der Waals surface area (Å²) in [6.07, 6.45) is 5.50. The normalized spacial score (nSPS) is 13.7. The third-order valence-corrected chi connectivity index (χ3v) is 6.23. The van der Waals surface area contributed by atoms with E-state index in [1.165, 1.54) is 30.6 Å². The molecule has 1 N–H and O–H groups in total. The Balaban J connectivity index is 1.45. The molecule has 2 aromatic heterocycles. The van der Waals surface area contributed by atoms with Crippen LogP contribution in [0.4, 0.5) is 5.82 Å². The van der Waals surface area contributed by atoms with Crippen molar-refractivity contribution >= 4 is 23.1 Å². The highest BCUT2D eigenvalue weighted by Gasteiger charge is 2.16. The SMILES string of the molecule is COc1ccc(OC)c(CNC(=O)c2csc(-c3ccnc(N4CCCCC4)c3)n2)c1. The molecular weight excluding hydrogens is 412 g/mol. The lowest BCUT2D eigenvalue weighted by atomic mass is 10.1. The van der Waals surface area contributed by atoms with Crippen LogP contribution in [0.3, 0.4) is 0 Å². The maximum atomic E-state index is 12.7. The van der Waals surface area contributed by atoms with Gasteiger partial charge in [-0.05, 0) is 49.6 Å². The number of nitrogens with zero attached hydrogens (tertiary/aromatic N) is 3. The largest absolute Gasteiger partial charge is 0.497 e. The first-order valence-electron chi connectivity index (χ1n) is 10.3. The summed E-state index contributed by atoms with van der Waals surface area (Å²) in [6.45, 7) is 2.39. The molecule has 162 valence electrons. The van der Waals surface area contributed by atoms with Gasteiger partial charge < -0.3 is 19.7 Å². The van der Waals surface area contributed by atoms with E-state index in [1.807, 2.05) is 30.5 Å². The Kier molecular flexibility index (Phi) is 6.66. The average Bonchev–Trinajstić information content (AvgIpc) is 3.33. The molecule has 3 heterocycles. The molecular formula is C23H26N4O3S. The quantitative estimate of drug-likeness (QED) is 0.597. The minimum Gasteiger partial charge on any atom is -0.497 e. The fourth-order valence-electron chi connectivity index (χ4n) is 3.64. The summed E-state index contributed by atoms with van der Waals surface area (Å²) in [5.74, 6) is 2.16. The highest BCUT2D eigenvalue weighted by Crippen LogP contribution is 2.28. The van der Waals surface area contributed by atoms with Crippen molar-refractivity contribution in [2.75, 3.05) is 32.2 Å². The van der Waals surface area contributed by atoms with Gasteiger partial charge in [-0.3, -0.25) is 4.79 Å². The lowest BCUT2D eigenvalue weighted by Gasteiger charge is -2.27. The van der Waals surface area contributed by atoms with Crippen molar-refractivity contribution < 1.29 is 14.3 Å².